The fraction of sp³-hybridized carbons (Fsp3) is 0.174. The van der Waals surface area contributed by atoms with E-state index in [1.54, 1.807) is 6.07 Å². The molecule has 31 heavy (non-hydrogen) atoms. The van der Waals surface area contributed by atoms with Crippen LogP contribution in [0.4, 0.5) is 5.69 Å². The minimum atomic E-state index is -3.82. The van der Waals surface area contributed by atoms with Crippen LogP contribution in [0.25, 0.3) is 10.2 Å². The molecule has 5 nitrogen and oxygen atoms in total. The van der Waals surface area contributed by atoms with Gasteiger partial charge in [0.05, 0.1) is 15.1 Å². The molecule has 0 aliphatic rings. The summed E-state index contributed by atoms with van der Waals surface area (Å²) in [5.41, 5.74) is 4.51. The molecule has 1 aromatic heterocycles. The zero-order chi connectivity index (χ0) is 22.3. The Labute approximate surface area is 190 Å². The Morgan fingerprint density at radius 1 is 0.968 bits per heavy atom. The van der Waals surface area contributed by atoms with E-state index in [9.17, 15) is 13.5 Å². The van der Waals surface area contributed by atoms with Gasteiger partial charge < -0.3 is 5.11 Å². The molecular formula is C23H21N2O3S3-. The van der Waals surface area contributed by atoms with E-state index in [0.29, 0.717) is 10.6 Å². The van der Waals surface area contributed by atoms with E-state index in [2.05, 4.69) is 9.71 Å². The van der Waals surface area contributed by atoms with Crippen LogP contribution in [-0.2, 0) is 10.0 Å². The number of thiazole rings is 1. The topological polar surface area (TPSA) is 82.1 Å². The Hall–Kier alpha value is -2.55. The molecule has 0 saturated heterocycles. The lowest BCUT2D eigenvalue weighted by Crippen LogP contribution is -2.17. The number of hydrogen-bond donors (Lipinski definition) is 1. The lowest BCUT2D eigenvalue weighted by molar-refractivity contribution is -0.272. The van der Waals surface area contributed by atoms with Gasteiger partial charge in [-0.05, 0) is 74.2 Å². The summed E-state index contributed by atoms with van der Waals surface area (Å²) in [6, 6.07) is 14.2. The summed E-state index contributed by atoms with van der Waals surface area (Å²) in [6.45, 7) is 7.43. The van der Waals surface area contributed by atoms with Crippen molar-refractivity contribution in [1.29, 1.82) is 0 Å². The van der Waals surface area contributed by atoms with Gasteiger partial charge in [-0.2, -0.15) is 0 Å². The average molecular weight is 470 g/mol. The summed E-state index contributed by atoms with van der Waals surface area (Å²) in [7, 11) is -3.82. The minimum absolute atomic E-state index is 0.175. The minimum Gasteiger partial charge on any atom is -0.872 e. The van der Waals surface area contributed by atoms with Crippen molar-refractivity contribution in [1.82, 2.24) is 4.98 Å². The van der Waals surface area contributed by atoms with Gasteiger partial charge in [0.15, 0.2) is 4.34 Å². The van der Waals surface area contributed by atoms with Gasteiger partial charge in [-0.15, -0.1) is 11.3 Å². The summed E-state index contributed by atoms with van der Waals surface area (Å²) in [4.78, 5) is 5.26. The van der Waals surface area contributed by atoms with Crippen molar-refractivity contribution in [2.75, 3.05) is 4.72 Å². The molecule has 0 spiro atoms. The van der Waals surface area contributed by atoms with Gasteiger partial charge >= 0.3 is 0 Å². The third-order valence-electron chi connectivity index (χ3n) is 5.23. The lowest BCUT2D eigenvalue weighted by atomic mass is 10.0. The van der Waals surface area contributed by atoms with Gasteiger partial charge in [-0.1, -0.05) is 41.8 Å². The number of benzene rings is 3. The molecule has 3 aromatic carbocycles. The highest BCUT2D eigenvalue weighted by Gasteiger charge is 2.22. The van der Waals surface area contributed by atoms with Crippen LogP contribution in [0.15, 0.2) is 62.7 Å². The Bertz CT molecular complexity index is 1350. The van der Waals surface area contributed by atoms with Gasteiger partial charge in [0, 0.05) is 10.6 Å². The first-order valence-corrected chi connectivity index (χ1v) is 12.7. The van der Waals surface area contributed by atoms with Crippen LogP contribution >= 0.6 is 23.1 Å². The molecule has 160 valence electrons. The SMILES string of the molecule is Cc1cc(C)c(C)c(S(=O)(=O)Nc2ccc([O-])c(Sc3nc4ccccc4s3)c2)c1C. The van der Waals surface area contributed by atoms with Crippen LogP contribution in [0, 0.1) is 27.7 Å². The number of fused-ring (bicyclic) bond motifs is 1. The number of aryl methyl sites for hydroxylation is 2. The second kappa shape index (κ2) is 8.18. The Morgan fingerprint density at radius 3 is 2.32 bits per heavy atom. The van der Waals surface area contributed by atoms with Crippen molar-refractivity contribution in [2.45, 2.75) is 41.8 Å². The van der Waals surface area contributed by atoms with Crippen molar-refractivity contribution in [3.05, 3.63) is 70.8 Å². The summed E-state index contributed by atoms with van der Waals surface area (Å²) < 4.78 is 30.9. The highest BCUT2D eigenvalue weighted by atomic mass is 32.2. The average Bonchev–Trinajstić information content (AvgIpc) is 3.11. The normalized spacial score (nSPS) is 11.7. The van der Waals surface area contributed by atoms with Crippen LogP contribution in [0.2, 0.25) is 0 Å². The number of hydrogen-bond acceptors (Lipinski definition) is 6. The van der Waals surface area contributed by atoms with E-state index >= 15 is 0 Å². The number of nitrogens with zero attached hydrogens (tertiary/aromatic N) is 1. The predicted octanol–water partition coefficient (Wildman–Crippen LogP) is 5.56. The van der Waals surface area contributed by atoms with E-state index < -0.39 is 10.0 Å². The zero-order valence-corrected chi connectivity index (χ0v) is 20.0. The molecule has 0 fully saturated rings. The van der Waals surface area contributed by atoms with Crippen LogP contribution in [0.3, 0.4) is 0 Å². The number of anilines is 1. The molecule has 4 rings (SSSR count). The second-order valence-electron chi connectivity index (χ2n) is 7.41. The van der Waals surface area contributed by atoms with Crippen molar-refractivity contribution in [3.63, 3.8) is 0 Å². The van der Waals surface area contributed by atoms with Crippen LogP contribution in [0.5, 0.6) is 5.75 Å². The smallest absolute Gasteiger partial charge is 0.262 e. The van der Waals surface area contributed by atoms with Gasteiger partial charge in [-0.3, -0.25) is 4.72 Å². The summed E-state index contributed by atoms with van der Waals surface area (Å²) in [5, 5.41) is 12.4. The van der Waals surface area contributed by atoms with E-state index in [4.69, 9.17) is 0 Å². The molecule has 0 aliphatic heterocycles. The molecule has 0 atom stereocenters. The number of sulfonamides is 1. The Morgan fingerprint density at radius 2 is 1.65 bits per heavy atom. The molecule has 1 heterocycles. The zero-order valence-electron chi connectivity index (χ0n) is 17.5. The second-order valence-corrected chi connectivity index (χ2v) is 11.3. The molecule has 0 unspecified atom stereocenters. The lowest BCUT2D eigenvalue weighted by Gasteiger charge is -2.18. The standard InChI is InChI=1S/C23H22N2O3S3/c1-13-11-14(2)16(4)22(15(13)3)31(27,28)25-17-9-10-19(26)21(12-17)30-23-24-18-7-5-6-8-20(18)29-23/h5-12,25-26H,1-4H3/p-1. The highest BCUT2D eigenvalue weighted by Crippen LogP contribution is 2.39. The van der Waals surface area contributed by atoms with E-state index in [-0.39, 0.29) is 10.6 Å². The summed E-state index contributed by atoms with van der Waals surface area (Å²) in [5.74, 6) is -0.175. The molecule has 4 aromatic rings. The van der Waals surface area contributed by atoms with Crippen LogP contribution in [-0.4, -0.2) is 13.4 Å². The Balaban J connectivity index is 1.67. The number of rotatable bonds is 5. The summed E-state index contributed by atoms with van der Waals surface area (Å²) >= 11 is 2.75. The highest BCUT2D eigenvalue weighted by molar-refractivity contribution is 8.01. The number of para-hydroxylation sites is 1. The quantitative estimate of drug-likeness (QED) is 0.414. The third kappa shape index (κ3) is 4.28. The molecule has 0 bridgehead atoms. The molecule has 0 saturated carbocycles. The van der Waals surface area contributed by atoms with Crippen molar-refractivity contribution in [3.8, 4) is 5.75 Å². The predicted molar refractivity (Wildman–Crippen MR) is 126 cm³/mol. The van der Waals surface area contributed by atoms with Gasteiger partial charge in [0.25, 0.3) is 10.0 Å². The first-order chi connectivity index (χ1) is 14.7. The molecule has 0 amide bonds. The van der Waals surface area contributed by atoms with Crippen LogP contribution < -0.4 is 9.83 Å². The first kappa shape index (κ1) is 21.7. The van der Waals surface area contributed by atoms with E-state index in [1.165, 1.54) is 35.2 Å². The van der Waals surface area contributed by atoms with E-state index in [1.807, 2.05) is 58.0 Å². The fourth-order valence-electron chi connectivity index (χ4n) is 3.43. The molecular weight excluding hydrogens is 448 g/mol. The first-order valence-electron chi connectivity index (χ1n) is 9.60. The maximum Gasteiger partial charge on any atom is 0.262 e. The molecule has 0 aliphatic carbocycles. The largest absolute Gasteiger partial charge is 0.872 e. The molecule has 8 heteroatoms. The molecule has 0 radical (unpaired) electrons. The van der Waals surface area contributed by atoms with Crippen molar-refractivity contribution >= 4 is 49.0 Å². The van der Waals surface area contributed by atoms with Gasteiger partial charge in [0.1, 0.15) is 0 Å². The number of aromatic nitrogens is 1. The third-order valence-corrected chi connectivity index (χ3v) is 9.02. The maximum atomic E-state index is 13.2. The number of nitrogens with one attached hydrogen (secondary N) is 1. The maximum absolute atomic E-state index is 13.2. The summed E-state index contributed by atoms with van der Waals surface area (Å²) in [6.07, 6.45) is 0. The van der Waals surface area contributed by atoms with E-state index in [0.717, 1.165) is 36.8 Å². The molecule has 1 N–H and O–H groups in total. The van der Waals surface area contributed by atoms with Gasteiger partial charge in [0.2, 0.25) is 0 Å². The fourth-order valence-corrected chi connectivity index (χ4v) is 7.19. The van der Waals surface area contributed by atoms with Gasteiger partial charge in [-0.25, -0.2) is 13.4 Å². The Kier molecular flexibility index (Phi) is 5.72. The van der Waals surface area contributed by atoms with Crippen LogP contribution in [0.1, 0.15) is 22.3 Å². The monoisotopic (exact) mass is 469 g/mol. The van der Waals surface area contributed by atoms with Crippen molar-refractivity contribution in [2.24, 2.45) is 0 Å². The van der Waals surface area contributed by atoms with Crippen molar-refractivity contribution < 1.29 is 13.5 Å².